The third-order valence-corrected chi connectivity index (χ3v) is 4.29. The lowest BCUT2D eigenvalue weighted by atomic mass is 10.1. The van der Waals surface area contributed by atoms with Crippen LogP contribution in [0.5, 0.6) is 0 Å². The molecule has 6 nitrogen and oxygen atoms in total. The quantitative estimate of drug-likeness (QED) is 0.594. The van der Waals surface area contributed by atoms with Crippen molar-refractivity contribution in [3.05, 3.63) is 59.2 Å². The van der Waals surface area contributed by atoms with Gasteiger partial charge in [-0.15, -0.1) is 0 Å². The van der Waals surface area contributed by atoms with E-state index in [0.717, 1.165) is 28.9 Å². The monoisotopic (exact) mass is 369 g/mol. The molecule has 2 aromatic rings. The van der Waals surface area contributed by atoms with Gasteiger partial charge in [0.2, 0.25) is 5.91 Å². The van der Waals surface area contributed by atoms with Crippen LogP contribution in [0.4, 0.5) is 11.4 Å². The Labute approximate surface area is 160 Å². The zero-order valence-electron chi connectivity index (χ0n) is 16.1. The molecule has 0 unspecified atom stereocenters. The Hall–Kier alpha value is -2.86. The summed E-state index contributed by atoms with van der Waals surface area (Å²) in [7, 11) is 1.63. The molecule has 0 aromatic heterocycles. The van der Waals surface area contributed by atoms with Crippen LogP contribution in [0.2, 0.25) is 0 Å². The van der Waals surface area contributed by atoms with E-state index in [-0.39, 0.29) is 18.4 Å². The summed E-state index contributed by atoms with van der Waals surface area (Å²) in [4.78, 5) is 24.2. The van der Waals surface area contributed by atoms with Crippen molar-refractivity contribution in [1.82, 2.24) is 5.32 Å². The first-order chi connectivity index (χ1) is 13.0. The van der Waals surface area contributed by atoms with Gasteiger partial charge in [0.1, 0.15) is 0 Å². The van der Waals surface area contributed by atoms with Crippen LogP contribution in [0.3, 0.4) is 0 Å². The summed E-state index contributed by atoms with van der Waals surface area (Å²) in [6.45, 7) is 5.34. The molecule has 0 bridgehead atoms. The Kier molecular flexibility index (Phi) is 7.82. The SMILES string of the molecule is COCCCNC(=O)c1ccc(NCC(=O)Nc2cccc(C)c2C)cc1. The maximum atomic E-state index is 12.1. The predicted molar refractivity (Wildman–Crippen MR) is 108 cm³/mol. The zero-order chi connectivity index (χ0) is 19.6. The van der Waals surface area contributed by atoms with E-state index in [4.69, 9.17) is 4.74 Å². The summed E-state index contributed by atoms with van der Waals surface area (Å²) in [6.07, 6.45) is 0.775. The Morgan fingerprint density at radius 1 is 1.04 bits per heavy atom. The van der Waals surface area contributed by atoms with Crippen molar-refractivity contribution in [2.45, 2.75) is 20.3 Å². The lowest BCUT2D eigenvalue weighted by Crippen LogP contribution is -2.25. The highest BCUT2D eigenvalue weighted by Gasteiger charge is 2.07. The molecule has 144 valence electrons. The van der Waals surface area contributed by atoms with Gasteiger partial charge in [-0.1, -0.05) is 12.1 Å². The minimum Gasteiger partial charge on any atom is -0.385 e. The second kappa shape index (κ2) is 10.3. The van der Waals surface area contributed by atoms with E-state index in [1.54, 1.807) is 31.4 Å². The standard InChI is InChI=1S/C21H27N3O3/c1-15-6-4-7-19(16(15)2)24-20(25)14-23-18-10-8-17(9-11-18)21(26)22-12-5-13-27-3/h4,6-11,23H,5,12-14H2,1-3H3,(H,22,26)(H,24,25). The number of carbonyl (C=O) groups excluding carboxylic acids is 2. The van der Waals surface area contributed by atoms with Gasteiger partial charge in [-0.2, -0.15) is 0 Å². The topological polar surface area (TPSA) is 79.5 Å². The van der Waals surface area contributed by atoms with E-state index in [9.17, 15) is 9.59 Å². The van der Waals surface area contributed by atoms with Crippen molar-refractivity contribution < 1.29 is 14.3 Å². The second-order valence-corrected chi connectivity index (χ2v) is 6.33. The predicted octanol–water partition coefficient (Wildman–Crippen LogP) is 3.12. The van der Waals surface area contributed by atoms with Crippen molar-refractivity contribution in [1.29, 1.82) is 0 Å². The Balaban J connectivity index is 1.81. The molecule has 0 fully saturated rings. The number of ether oxygens (including phenoxy) is 1. The molecule has 0 spiro atoms. The van der Waals surface area contributed by atoms with E-state index in [0.29, 0.717) is 18.7 Å². The van der Waals surface area contributed by atoms with Crippen LogP contribution in [-0.2, 0) is 9.53 Å². The van der Waals surface area contributed by atoms with E-state index in [1.165, 1.54) is 0 Å². The largest absolute Gasteiger partial charge is 0.385 e. The zero-order valence-corrected chi connectivity index (χ0v) is 16.1. The summed E-state index contributed by atoms with van der Waals surface area (Å²) in [5, 5.41) is 8.81. The van der Waals surface area contributed by atoms with Gasteiger partial charge in [-0.25, -0.2) is 0 Å². The molecule has 2 amide bonds. The first-order valence-corrected chi connectivity index (χ1v) is 8.98. The van der Waals surface area contributed by atoms with Gasteiger partial charge in [-0.3, -0.25) is 9.59 Å². The molecule has 6 heteroatoms. The fourth-order valence-electron chi connectivity index (χ4n) is 2.52. The molecule has 3 N–H and O–H groups in total. The molecule has 0 aliphatic rings. The summed E-state index contributed by atoms with van der Waals surface area (Å²) in [6, 6.07) is 12.9. The molecule has 0 saturated carbocycles. The smallest absolute Gasteiger partial charge is 0.251 e. The molecule has 2 aromatic carbocycles. The number of hydrogen-bond donors (Lipinski definition) is 3. The summed E-state index contributed by atoms with van der Waals surface area (Å²) in [5.41, 5.74) is 4.38. The summed E-state index contributed by atoms with van der Waals surface area (Å²) < 4.78 is 4.95. The molecule has 2 rings (SSSR count). The minimum absolute atomic E-state index is 0.120. The number of rotatable bonds is 9. The Morgan fingerprint density at radius 2 is 1.78 bits per heavy atom. The van der Waals surface area contributed by atoms with E-state index in [2.05, 4.69) is 16.0 Å². The number of anilines is 2. The number of aryl methyl sites for hydroxylation is 1. The van der Waals surface area contributed by atoms with Gasteiger partial charge in [0.15, 0.2) is 0 Å². The fraction of sp³-hybridized carbons (Fsp3) is 0.333. The Morgan fingerprint density at radius 3 is 2.48 bits per heavy atom. The first kappa shape index (κ1) is 20.5. The van der Waals surface area contributed by atoms with Crippen LogP contribution in [-0.4, -0.2) is 38.6 Å². The van der Waals surface area contributed by atoms with Gasteiger partial charge < -0.3 is 20.7 Å². The Bertz CT molecular complexity index is 773. The van der Waals surface area contributed by atoms with Crippen LogP contribution in [0, 0.1) is 13.8 Å². The van der Waals surface area contributed by atoms with Crippen molar-refractivity contribution in [3.8, 4) is 0 Å². The summed E-state index contributed by atoms with van der Waals surface area (Å²) >= 11 is 0. The highest BCUT2D eigenvalue weighted by molar-refractivity contribution is 5.95. The number of amides is 2. The number of nitrogens with one attached hydrogen (secondary N) is 3. The van der Waals surface area contributed by atoms with Crippen LogP contribution < -0.4 is 16.0 Å². The molecule has 0 heterocycles. The van der Waals surface area contributed by atoms with Crippen LogP contribution in [0.25, 0.3) is 0 Å². The van der Waals surface area contributed by atoms with Gasteiger partial charge in [0, 0.05) is 37.2 Å². The van der Waals surface area contributed by atoms with E-state index in [1.807, 2.05) is 32.0 Å². The molecular formula is C21H27N3O3. The molecule has 0 aliphatic heterocycles. The fourth-order valence-corrected chi connectivity index (χ4v) is 2.52. The van der Waals surface area contributed by atoms with Gasteiger partial charge in [0.25, 0.3) is 5.91 Å². The molecule has 0 radical (unpaired) electrons. The maximum absolute atomic E-state index is 12.1. The lowest BCUT2D eigenvalue weighted by molar-refractivity contribution is -0.114. The van der Waals surface area contributed by atoms with Gasteiger partial charge in [0.05, 0.1) is 6.54 Å². The highest BCUT2D eigenvalue weighted by Crippen LogP contribution is 2.18. The van der Waals surface area contributed by atoms with Crippen LogP contribution in [0.15, 0.2) is 42.5 Å². The van der Waals surface area contributed by atoms with Crippen molar-refractivity contribution >= 4 is 23.2 Å². The molecule has 0 saturated heterocycles. The molecule has 0 aliphatic carbocycles. The normalized spacial score (nSPS) is 10.3. The third kappa shape index (κ3) is 6.42. The van der Waals surface area contributed by atoms with Crippen molar-refractivity contribution in [2.75, 3.05) is 37.4 Å². The van der Waals surface area contributed by atoms with Crippen LogP contribution >= 0.6 is 0 Å². The number of carbonyl (C=O) groups is 2. The number of hydrogen-bond acceptors (Lipinski definition) is 4. The minimum atomic E-state index is -0.122. The molecular weight excluding hydrogens is 342 g/mol. The average Bonchev–Trinajstić information content (AvgIpc) is 2.67. The number of methoxy groups -OCH3 is 1. The average molecular weight is 369 g/mol. The third-order valence-electron chi connectivity index (χ3n) is 4.29. The van der Waals surface area contributed by atoms with Gasteiger partial charge >= 0.3 is 0 Å². The maximum Gasteiger partial charge on any atom is 0.251 e. The molecule has 0 atom stereocenters. The summed E-state index contributed by atoms with van der Waals surface area (Å²) in [5.74, 6) is -0.242. The van der Waals surface area contributed by atoms with Crippen LogP contribution in [0.1, 0.15) is 27.9 Å². The second-order valence-electron chi connectivity index (χ2n) is 6.33. The lowest BCUT2D eigenvalue weighted by Gasteiger charge is -2.11. The van der Waals surface area contributed by atoms with Crippen molar-refractivity contribution in [2.24, 2.45) is 0 Å². The van der Waals surface area contributed by atoms with E-state index < -0.39 is 0 Å². The van der Waals surface area contributed by atoms with E-state index >= 15 is 0 Å². The number of benzene rings is 2. The van der Waals surface area contributed by atoms with Gasteiger partial charge in [-0.05, 0) is 61.7 Å². The highest BCUT2D eigenvalue weighted by atomic mass is 16.5. The first-order valence-electron chi connectivity index (χ1n) is 8.98. The van der Waals surface area contributed by atoms with Crippen molar-refractivity contribution in [3.63, 3.8) is 0 Å². The molecule has 27 heavy (non-hydrogen) atoms.